The molecule has 10 heteroatoms. The Bertz CT molecular complexity index is 1090. The predicted molar refractivity (Wildman–Crippen MR) is 116 cm³/mol. The van der Waals surface area contributed by atoms with Crippen LogP contribution in [0.5, 0.6) is 0 Å². The molecule has 2 aliphatic heterocycles. The summed E-state index contributed by atoms with van der Waals surface area (Å²) in [5.74, 6) is -2.10. The summed E-state index contributed by atoms with van der Waals surface area (Å²) in [6.07, 6.45) is 3.85. The van der Waals surface area contributed by atoms with Crippen molar-refractivity contribution in [3.8, 4) is 0 Å². The summed E-state index contributed by atoms with van der Waals surface area (Å²) in [6.45, 7) is 2.85. The van der Waals surface area contributed by atoms with Crippen LogP contribution in [0.2, 0.25) is 5.02 Å². The molecule has 164 valence electrons. The molecule has 3 heterocycles. The van der Waals surface area contributed by atoms with E-state index in [9.17, 15) is 18.8 Å². The van der Waals surface area contributed by atoms with Gasteiger partial charge < -0.3 is 15.5 Å². The topological polar surface area (TPSA) is 107 Å². The average molecular weight is 448 g/mol. The van der Waals surface area contributed by atoms with E-state index in [1.54, 1.807) is 0 Å². The second kappa shape index (κ2) is 8.66. The van der Waals surface area contributed by atoms with E-state index in [1.807, 2.05) is 0 Å². The number of aromatic amines is 1. The van der Waals surface area contributed by atoms with Crippen LogP contribution < -0.4 is 21.1 Å². The Balaban J connectivity index is 1.65. The normalized spacial score (nSPS) is 20.7. The number of carbonyl (C=O) groups excluding carboxylic acids is 2. The van der Waals surface area contributed by atoms with Crippen LogP contribution in [0.3, 0.4) is 0 Å². The maximum atomic E-state index is 13.4. The quantitative estimate of drug-likeness (QED) is 0.665. The largest absolute Gasteiger partial charge is 0.339 e. The first kappa shape index (κ1) is 21.3. The number of hydrogen-bond donors (Lipinski definition) is 3. The highest BCUT2D eigenvalue weighted by molar-refractivity contribution is 6.31. The van der Waals surface area contributed by atoms with Crippen LogP contribution in [0.1, 0.15) is 50.5 Å². The molecule has 2 amide bonds. The van der Waals surface area contributed by atoms with E-state index in [1.165, 1.54) is 12.1 Å². The van der Waals surface area contributed by atoms with Gasteiger partial charge in [-0.3, -0.25) is 19.4 Å². The van der Waals surface area contributed by atoms with Crippen LogP contribution in [-0.2, 0) is 9.59 Å². The lowest BCUT2D eigenvalue weighted by Gasteiger charge is -2.36. The summed E-state index contributed by atoms with van der Waals surface area (Å²) < 4.78 is 13.4. The summed E-state index contributed by atoms with van der Waals surface area (Å²) in [6, 6.07) is 4.01. The Kier molecular flexibility index (Phi) is 5.95. The lowest BCUT2D eigenvalue weighted by atomic mass is 9.92. The smallest absolute Gasteiger partial charge is 0.258 e. The van der Waals surface area contributed by atoms with Gasteiger partial charge in [0.15, 0.2) is 0 Å². The highest BCUT2D eigenvalue weighted by Gasteiger charge is 2.36. The molecule has 1 fully saturated rings. The first-order valence-electron chi connectivity index (χ1n) is 10.3. The fourth-order valence-corrected chi connectivity index (χ4v) is 4.41. The number of halogens is 2. The fourth-order valence-electron chi connectivity index (χ4n) is 4.23. The Morgan fingerprint density at radius 2 is 2.16 bits per heavy atom. The van der Waals surface area contributed by atoms with Crippen molar-refractivity contribution in [2.45, 2.75) is 51.0 Å². The van der Waals surface area contributed by atoms with Gasteiger partial charge in [-0.05, 0) is 43.9 Å². The van der Waals surface area contributed by atoms with Gasteiger partial charge >= 0.3 is 0 Å². The maximum Gasteiger partial charge on any atom is 0.258 e. The van der Waals surface area contributed by atoms with Gasteiger partial charge in [-0.1, -0.05) is 18.5 Å². The summed E-state index contributed by atoms with van der Waals surface area (Å²) in [7, 11) is 0. The van der Waals surface area contributed by atoms with Crippen molar-refractivity contribution in [2.24, 2.45) is 0 Å². The summed E-state index contributed by atoms with van der Waals surface area (Å²) in [5.41, 5.74) is -0.0825. The van der Waals surface area contributed by atoms with Crippen LogP contribution in [0, 0.1) is 5.82 Å². The molecule has 31 heavy (non-hydrogen) atoms. The van der Waals surface area contributed by atoms with Gasteiger partial charge in [0, 0.05) is 24.7 Å². The van der Waals surface area contributed by atoms with Crippen molar-refractivity contribution < 1.29 is 14.0 Å². The van der Waals surface area contributed by atoms with Gasteiger partial charge in [0.1, 0.15) is 11.6 Å². The molecule has 1 saturated heterocycles. The number of nitrogens with one attached hydrogen (secondary N) is 3. The Morgan fingerprint density at radius 3 is 2.90 bits per heavy atom. The molecule has 2 aromatic rings. The number of fused-ring (bicyclic) bond motifs is 1. The number of hydrogen-bond acceptors (Lipinski definition) is 5. The van der Waals surface area contributed by atoms with E-state index < -0.39 is 29.1 Å². The number of carbonyl (C=O) groups is 2. The van der Waals surface area contributed by atoms with Crippen molar-refractivity contribution >= 4 is 40.9 Å². The molecular formula is C21H23ClFN5O3. The van der Waals surface area contributed by atoms with Crippen molar-refractivity contribution in [1.29, 1.82) is 0 Å². The van der Waals surface area contributed by atoms with Gasteiger partial charge in [-0.25, -0.2) is 4.39 Å². The summed E-state index contributed by atoms with van der Waals surface area (Å²) in [5, 5.41) is 5.09. The summed E-state index contributed by atoms with van der Waals surface area (Å²) in [4.78, 5) is 47.5. The highest BCUT2D eigenvalue weighted by atomic mass is 35.5. The van der Waals surface area contributed by atoms with Gasteiger partial charge in [-0.2, -0.15) is 4.98 Å². The molecule has 0 spiro atoms. The lowest BCUT2D eigenvalue weighted by Crippen LogP contribution is -2.43. The molecule has 4 rings (SSSR count). The Hall–Kier alpha value is -2.94. The van der Waals surface area contributed by atoms with Gasteiger partial charge in [0.2, 0.25) is 17.8 Å². The van der Waals surface area contributed by atoms with Gasteiger partial charge in [0.25, 0.3) is 5.56 Å². The molecule has 2 aliphatic rings. The Labute approximate surface area is 183 Å². The van der Waals surface area contributed by atoms with Crippen molar-refractivity contribution in [3.63, 3.8) is 0 Å². The molecule has 0 saturated carbocycles. The standard InChI is InChI=1S/C21H23ClFN5O3/c1-2-12-5-3-4-8-28(12)21-26-18-17(20(31)27-21)13(10-16(29)25-18)19(30)24-11-6-7-15(23)14(22)9-11/h6-7,9,12-13H,2-5,8,10H2,1H3,(H,24,30)(H2,25,26,27,29,31)/t12-,13-/m0/s1. The molecule has 8 nitrogen and oxygen atoms in total. The maximum absolute atomic E-state index is 13.4. The van der Waals surface area contributed by atoms with Crippen molar-refractivity contribution in [3.05, 3.63) is 45.0 Å². The summed E-state index contributed by atoms with van der Waals surface area (Å²) >= 11 is 5.77. The SMILES string of the molecule is CC[C@H]1CCCCN1c1nc2c(c(=O)[nH]1)[C@@H](C(=O)Nc1ccc(F)c(Cl)c1)CC(=O)N2. The number of benzene rings is 1. The van der Waals surface area contributed by atoms with Crippen LogP contribution in [0.25, 0.3) is 0 Å². The number of anilines is 3. The third kappa shape index (κ3) is 4.27. The number of nitrogens with zero attached hydrogens (tertiary/aromatic N) is 2. The van der Waals surface area contributed by atoms with Crippen LogP contribution >= 0.6 is 11.6 Å². The molecule has 2 atom stereocenters. The van der Waals surface area contributed by atoms with Crippen molar-refractivity contribution in [2.75, 3.05) is 22.1 Å². The molecule has 0 bridgehead atoms. The zero-order chi connectivity index (χ0) is 22.1. The predicted octanol–water partition coefficient (Wildman–Crippen LogP) is 3.40. The number of amides is 2. The fraction of sp³-hybridized carbons (Fsp3) is 0.429. The third-order valence-corrected chi connectivity index (χ3v) is 6.10. The van der Waals surface area contributed by atoms with Crippen LogP contribution in [0.15, 0.2) is 23.0 Å². The van der Waals surface area contributed by atoms with E-state index in [0.29, 0.717) is 5.95 Å². The number of rotatable bonds is 4. The van der Waals surface area contributed by atoms with E-state index in [4.69, 9.17) is 11.6 Å². The van der Waals surface area contributed by atoms with E-state index in [2.05, 4.69) is 32.4 Å². The molecular weight excluding hydrogens is 425 g/mol. The van der Waals surface area contributed by atoms with Crippen LogP contribution in [0.4, 0.5) is 21.8 Å². The number of H-pyrrole nitrogens is 1. The third-order valence-electron chi connectivity index (χ3n) is 5.81. The van der Waals surface area contributed by atoms with Gasteiger partial charge in [0.05, 0.1) is 16.5 Å². The minimum atomic E-state index is -1.03. The minimum absolute atomic E-state index is 0.104. The average Bonchev–Trinajstić information content (AvgIpc) is 2.75. The molecule has 3 N–H and O–H groups in total. The first-order valence-corrected chi connectivity index (χ1v) is 10.7. The van der Waals surface area contributed by atoms with E-state index in [0.717, 1.165) is 38.3 Å². The minimum Gasteiger partial charge on any atom is -0.339 e. The molecule has 0 radical (unpaired) electrons. The van der Waals surface area contributed by atoms with E-state index in [-0.39, 0.29) is 34.6 Å². The van der Waals surface area contributed by atoms with E-state index >= 15 is 0 Å². The second-order valence-electron chi connectivity index (χ2n) is 7.83. The zero-order valence-electron chi connectivity index (χ0n) is 17.0. The highest BCUT2D eigenvalue weighted by Crippen LogP contribution is 2.32. The second-order valence-corrected chi connectivity index (χ2v) is 8.23. The number of piperidine rings is 1. The Morgan fingerprint density at radius 1 is 1.35 bits per heavy atom. The lowest BCUT2D eigenvalue weighted by molar-refractivity contribution is -0.123. The van der Waals surface area contributed by atoms with Crippen LogP contribution in [-0.4, -0.2) is 34.4 Å². The molecule has 0 aliphatic carbocycles. The molecule has 1 aromatic carbocycles. The number of aromatic nitrogens is 2. The van der Waals surface area contributed by atoms with Gasteiger partial charge in [-0.15, -0.1) is 0 Å². The monoisotopic (exact) mass is 447 g/mol. The molecule has 1 aromatic heterocycles. The first-order chi connectivity index (χ1) is 14.9. The zero-order valence-corrected chi connectivity index (χ0v) is 17.8. The molecule has 0 unspecified atom stereocenters. The van der Waals surface area contributed by atoms with Crippen molar-refractivity contribution in [1.82, 2.24) is 9.97 Å².